The molecule has 1 aromatic carbocycles. The molecule has 1 aliphatic heterocycles. The van der Waals surface area contributed by atoms with Gasteiger partial charge in [-0.3, -0.25) is 9.59 Å². The average molecular weight is 372 g/mol. The number of piperidine rings is 1. The minimum atomic E-state index is -1.21. The Morgan fingerprint density at radius 1 is 1.19 bits per heavy atom. The molecule has 0 atom stereocenters. The van der Waals surface area contributed by atoms with E-state index in [1.165, 1.54) is 11.8 Å². The summed E-state index contributed by atoms with van der Waals surface area (Å²) in [6.45, 7) is 2.84. The summed E-state index contributed by atoms with van der Waals surface area (Å²) in [4.78, 5) is 41.2. The van der Waals surface area contributed by atoms with Gasteiger partial charge in [0.2, 0.25) is 0 Å². The number of thioether (sulfide) groups is 1. The van der Waals surface area contributed by atoms with Crippen molar-refractivity contribution in [3.8, 4) is 0 Å². The third-order valence-electron chi connectivity index (χ3n) is 4.55. The Morgan fingerprint density at radius 3 is 2.46 bits per heavy atom. The lowest BCUT2D eigenvalue weighted by Crippen LogP contribution is -2.36. The summed E-state index contributed by atoms with van der Waals surface area (Å²) in [6.07, 6.45) is 1.29. The number of likely N-dealkylation sites (tertiary alicyclic amines) is 1. The van der Waals surface area contributed by atoms with Crippen LogP contribution < -0.4 is 5.56 Å². The first-order valence-corrected chi connectivity index (χ1v) is 9.26. The predicted octanol–water partition coefficient (Wildman–Crippen LogP) is 3.47. The van der Waals surface area contributed by atoms with Gasteiger partial charge in [0.15, 0.2) is 0 Å². The molecule has 6 nitrogen and oxygen atoms in total. The van der Waals surface area contributed by atoms with E-state index < -0.39 is 11.5 Å². The van der Waals surface area contributed by atoms with Crippen LogP contribution in [-0.2, 0) is 0 Å². The van der Waals surface area contributed by atoms with Gasteiger partial charge in [0, 0.05) is 23.7 Å². The van der Waals surface area contributed by atoms with Crippen LogP contribution >= 0.6 is 11.8 Å². The van der Waals surface area contributed by atoms with Crippen LogP contribution in [0.25, 0.3) is 0 Å². The summed E-state index contributed by atoms with van der Waals surface area (Å²) in [5.41, 5.74) is 0.472. The molecule has 0 unspecified atom stereocenters. The SMILES string of the molecule is Cc1cc(C2CCN(C(=O)Sc3ccccc3)CC2)c(C(=O)O)c(=O)[nH]1. The lowest BCUT2D eigenvalue weighted by atomic mass is 9.87. The number of H-pyrrole nitrogens is 1. The fraction of sp³-hybridized carbons (Fsp3) is 0.316. The smallest absolute Gasteiger partial charge is 0.341 e. The number of pyridine rings is 1. The predicted molar refractivity (Wildman–Crippen MR) is 100 cm³/mol. The van der Waals surface area contributed by atoms with Gasteiger partial charge in [0.05, 0.1) is 0 Å². The van der Waals surface area contributed by atoms with Crippen molar-refractivity contribution in [3.63, 3.8) is 0 Å². The largest absolute Gasteiger partial charge is 0.477 e. The number of carbonyl (C=O) groups is 2. The summed E-state index contributed by atoms with van der Waals surface area (Å²) in [5, 5.41) is 9.38. The summed E-state index contributed by atoms with van der Waals surface area (Å²) in [5.74, 6) is -1.24. The molecule has 1 aromatic heterocycles. The van der Waals surface area contributed by atoms with Crippen LogP contribution in [0.5, 0.6) is 0 Å². The van der Waals surface area contributed by atoms with Crippen molar-refractivity contribution in [2.45, 2.75) is 30.6 Å². The van der Waals surface area contributed by atoms with Crippen LogP contribution in [0, 0.1) is 6.92 Å². The van der Waals surface area contributed by atoms with E-state index in [1.54, 1.807) is 17.9 Å². The second-order valence-electron chi connectivity index (χ2n) is 6.36. The van der Waals surface area contributed by atoms with Gasteiger partial charge in [-0.2, -0.15) is 0 Å². The van der Waals surface area contributed by atoms with Crippen molar-refractivity contribution in [3.05, 3.63) is 63.6 Å². The van der Waals surface area contributed by atoms with Crippen LogP contribution in [0.1, 0.15) is 40.4 Å². The quantitative estimate of drug-likeness (QED) is 0.805. The molecule has 2 heterocycles. The highest BCUT2D eigenvalue weighted by Crippen LogP contribution is 2.32. The number of rotatable bonds is 3. The van der Waals surface area contributed by atoms with Crippen molar-refractivity contribution in [1.29, 1.82) is 0 Å². The Hall–Kier alpha value is -2.54. The number of carboxylic acids is 1. The van der Waals surface area contributed by atoms with E-state index in [9.17, 15) is 19.5 Å². The highest BCUT2D eigenvalue weighted by molar-refractivity contribution is 8.13. The highest BCUT2D eigenvalue weighted by Gasteiger charge is 2.28. The molecule has 0 aliphatic carbocycles. The number of nitrogens with one attached hydrogen (secondary N) is 1. The second-order valence-corrected chi connectivity index (χ2v) is 7.38. The molecule has 26 heavy (non-hydrogen) atoms. The van der Waals surface area contributed by atoms with E-state index >= 15 is 0 Å². The molecule has 3 rings (SSSR count). The van der Waals surface area contributed by atoms with E-state index in [1.807, 2.05) is 30.3 Å². The monoisotopic (exact) mass is 372 g/mol. The molecule has 1 amide bonds. The topological polar surface area (TPSA) is 90.5 Å². The van der Waals surface area contributed by atoms with E-state index in [4.69, 9.17) is 0 Å². The van der Waals surface area contributed by atoms with Crippen LogP contribution in [0.15, 0.2) is 46.1 Å². The van der Waals surface area contributed by atoms with E-state index in [2.05, 4.69) is 4.98 Å². The zero-order valence-corrected chi connectivity index (χ0v) is 15.2. The van der Waals surface area contributed by atoms with Crippen molar-refractivity contribution >= 4 is 23.0 Å². The van der Waals surface area contributed by atoms with Gasteiger partial charge in [0.1, 0.15) is 5.56 Å². The van der Waals surface area contributed by atoms with Crippen molar-refractivity contribution in [2.24, 2.45) is 0 Å². The minimum absolute atomic E-state index is 0.00445. The van der Waals surface area contributed by atoms with Gasteiger partial charge in [-0.05, 0) is 61.2 Å². The molecule has 136 valence electrons. The fourth-order valence-corrected chi connectivity index (χ4v) is 4.09. The third-order valence-corrected chi connectivity index (χ3v) is 5.49. The Balaban J connectivity index is 1.70. The lowest BCUT2D eigenvalue weighted by molar-refractivity contribution is 0.0692. The number of nitrogens with zero attached hydrogens (tertiary/aromatic N) is 1. The van der Waals surface area contributed by atoms with E-state index in [0.29, 0.717) is 37.2 Å². The molecule has 2 N–H and O–H groups in total. The summed E-state index contributed by atoms with van der Waals surface area (Å²) >= 11 is 1.20. The minimum Gasteiger partial charge on any atom is -0.477 e. The van der Waals surface area contributed by atoms with Gasteiger partial charge in [-0.15, -0.1) is 0 Å². The number of amides is 1. The average Bonchev–Trinajstić information content (AvgIpc) is 2.61. The molecule has 1 saturated heterocycles. The zero-order valence-electron chi connectivity index (χ0n) is 14.4. The molecule has 1 fully saturated rings. The van der Waals surface area contributed by atoms with Gasteiger partial charge in [-0.25, -0.2) is 4.79 Å². The number of aromatic amines is 1. The number of carbonyl (C=O) groups excluding carboxylic acids is 1. The Kier molecular flexibility index (Phi) is 5.46. The maximum Gasteiger partial charge on any atom is 0.341 e. The first-order chi connectivity index (χ1) is 12.5. The molecule has 1 aliphatic rings. The van der Waals surface area contributed by atoms with Gasteiger partial charge >= 0.3 is 5.97 Å². The van der Waals surface area contributed by atoms with Crippen molar-refractivity contribution < 1.29 is 14.7 Å². The standard InChI is InChI=1S/C19H20N2O4S/c1-12-11-15(16(18(23)24)17(22)20-12)13-7-9-21(10-8-13)19(25)26-14-5-3-2-4-6-14/h2-6,11,13H,7-10H2,1H3,(H,20,22)(H,23,24). The maximum atomic E-state index is 12.4. The Morgan fingerprint density at radius 2 is 1.85 bits per heavy atom. The number of hydrogen-bond donors (Lipinski definition) is 2. The number of aromatic nitrogens is 1. The van der Waals surface area contributed by atoms with Gasteiger partial charge in [0.25, 0.3) is 10.8 Å². The van der Waals surface area contributed by atoms with Crippen LogP contribution in [0.2, 0.25) is 0 Å². The second kappa shape index (κ2) is 7.78. The molecule has 0 radical (unpaired) electrons. The summed E-state index contributed by atoms with van der Waals surface area (Å²) in [7, 11) is 0. The number of aryl methyl sites for hydroxylation is 1. The van der Waals surface area contributed by atoms with Crippen molar-refractivity contribution in [2.75, 3.05) is 13.1 Å². The Bertz CT molecular complexity index is 871. The van der Waals surface area contributed by atoms with Gasteiger partial charge < -0.3 is 15.0 Å². The number of benzene rings is 1. The van der Waals surface area contributed by atoms with E-state index in [0.717, 1.165) is 4.90 Å². The molecule has 0 spiro atoms. The first-order valence-electron chi connectivity index (χ1n) is 8.44. The van der Waals surface area contributed by atoms with Crippen LogP contribution in [0.3, 0.4) is 0 Å². The molecule has 2 aromatic rings. The number of carboxylic acid groups (broad SMARTS) is 1. The highest BCUT2D eigenvalue weighted by atomic mass is 32.2. The molecular formula is C19H20N2O4S. The lowest BCUT2D eigenvalue weighted by Gasteiger charge is -2.32. The normalized spacial score (nSPS) is 15.0. The number of hydrogen-bond acceptors (Lipinski definition) is 4. The fourth-order valence-electron chi connectivity index (χ4n) is 3.28. The number of aromatic carboxylic acids is 1. The van der Waals surface area contributed by atoms with E-state index in [-0.39, 0.29) is 16.7 Å². The molecule has 0 saturated carbocycles. The third kappa shape index (κ3) is 3.99. The first kappa shape index (κ1) is 18.3. The zero-order chi connectivity index (χ0) is 18.7. The molecular weight excluding hydrogens is 352 g/mol. The maximum absolute atomic E-state index is 12.4. The molecule has 0 bridgehead atoms. The molecule has 7 heteroatoms. The summed E-state index contributed by atoms with van der Waals surface area (Å²) < 4.78 is 0. The van der Waals surface area contributed by atoms with Gasteiger partial charge in [-0.1, -0.05) is 18.2 Å². The van der Waals surface area contributed by atoms with Crippen LogP contribution in [-0.4, -0.2) is 39.3 Å². The Labute approximate surface area is 155 Å². The summed E-state index contributed by atoms with van der Waals surface area (Å²) in [6, 6.07) is 11.2. The van der Waals surface area contributed by atoms with Crippen LogP contribution in [0.4, 0.5) is 4.79 Å². The van der Waals surface area contributed by atoms with Crippen molar-refractivity contribution in [1.82, 2.24) is 9.88 Å².